The summed E-state index contributed by atoms with van der Waals surface area (Å²) < 4.78 is 0. The standard InChI is InChI=1S/C13H23NO3/c1-2-14(10-13(16)17)12(15)9-5-8-11-6-3-4-7-11/h11H,2-10H2,1H3,(H,16,17). The van der Waals surface area contributed by atoms with Crippen LogP contribution in [0.2, 0.25) is 0 Å². The number of likely N-dealkylation sites (N-methyl/N-ethyl adjacent to an activating group) is 1. The third kappa shape index (κ3) is 5.20. The van der Waals surface area contributed by atoms with E-state index in [1.54, 1.807) is 0 Å². The summed E-state index contributed by atoms with van der Waals surface area (Å²) in [5.74, 6) is -0.152. The summed E-state index contributed by atoms with van der Waals surface area (Å²) in [6.07, 6.45) is 7.80. The molecule has 0 radical (unpaired) electrons. The molecule has 4 nitrogen and oxygen atoms in total. The highest BCUT2D eigenvalue weighted by atomic mass is 16.4. The molecular weight excluding hydrogens is 218 g/mol. The quantitative estimate of drug-likeness (QED) is 0.744. The topological polar surface area (TPSA) is 57.6 Å². The molecule has 1 aliphatic carbocycles. The molecule has 1 amide bonds. The van der Waals surface area contributed by atoms with Crippen LogP contribution in [0, 0.1) is 5.92 Å². The fraction of sp³-hybridized carbons (Fsp3) is 0.846. The minimum absolute atomic E-state index is 0.0205. The summed E-state index contributed by atoms with van der Waals surface area (Å²) in [5.41, 5.74) is 0. The number of amides is 1. The summed E-state index contributed by atoms with van der Waals surface area (Å²) in [6.45, 7) is 2.13. The van der Waals surface area contributed by atoms with Crippen LogP contribution >= 0.6 is 0 Å². The van der Waals surface area contributed by atoms with Crippen LogP contribution in [-0.4, -0.2) is 35.0 Å². The number of hydrogen-bond acceptors (Lipinski definition) is 2. The van der Waals surface area contributed by atoms with Crippen molar-refractivity contribution in [3.63, 3.8) is 0 Å². The molecule has 1 rings (SSSR count). The molecule has 0 heterocycles. The Labute approximate surface area is 103 Å². The minimum atomic E-state index is -0.934. The molecule has 0 aromatic carbocycles. The number of carboxylic acids is 1. The van der Waals surface area contributed by atoms with Crippen molar-refractivity contribution in [1.82, 2.24) is 4.90 Å². The van der Waals surface area contributed by atoms with E-state index in [2.05, 4.69) is 0 Å². The molecule has 17 heavy (non-hydrogen) atoms. The van der Waals surface area contributed by atoms with Gasteiger partial charge in [0.1, 0.15) is 6.54 Å². The average Bonchev–Trinajstić information content (AvgIpc) is 2.78. The van der Waals surface area contributed by atoms with Gasteiger partial charge in [0.25, 0.3) is 0 Å². The molecule has 98 valence electrons. The lowest BCUT2D eigenvalue weighted by molar-refractivity contribution is -0.144. The van der Waals surface area contributed by atoms with Gasteiger partial charge in [0, 0.05) is 13.0 Å². The van der Waals surface area contributed by atoms with Crippen molar-refractivity contribution in [3.8, 4) is 0 Å². The first kappa shape index (κ1) is 14.0. The van der Waals surface area contributed by atoms with E-state index in [0.29, 0.717) is 13.0 Å². The zero-order valence-electron chi connectivity index (χ0n) is 10.7. The van der Waals surface area contributed by atoms with Crippen LogP contribution in [0.4, 0.5) is 0 Å². The molecular formula is C13H23NO3. The van der Waals surface area contributed by atoms with Gasteiger partial charge in [-0.15, -0.1) is 0 Å². The molecule has 0 aromatic heterocycles. The van der Waals surface area contributed by atoms with Gasteiger partial charge in [0.15, 0.2) is 0 Å². The number of carbonyl (C=O) groups is 2. The van der Waals surface area contributed by atoms with Crippen molar-refractivity contribution >= 4 is 11.9 Å². The van der Waals surface area contributed by atoms with Crippen molar-refractivity contribution in [2.45, 2.75) is 51.9 Å². The Morgan fingerprint density at radius 2 is 1.94 bits per heavy atom. The monoisotopic (exact) mass is 241 g/mol. The number of aliphatic carboxylic acids is 1. The largest absolute Gasteiger partial charge is 0.480 e. The van der Waals surface area contributed by atoms with Crippen molar-refractivity contribution in [2.75, 3.05) is 13.1 Å². The molecule has 1 saturated carbocycles. The van der Waals surface area contributed by atoms with Crippen molar-refractivity contribution in [1.29, 1.82) is 0 Å². The molecule has 1 N–H and O–H groups in total. The van der Waals surface area contributed by atoms with Gasteiger partial charge >= 0.3 is 5.97 Å². The fourth-order valence-corrected chi connectivity index (χ4v) is 2.54. The third-order valence-corrected chi connectivity index (χ3v) is 3.54. The highest BCUT2D eigenvalue weighted by molar-refractivity contribution is 5.81. The van der Waals surface area contributed by atoms with Gasteiger partial charge in [-0.25, -0.2) is 0 Å². The van der Waals surface area contributed by atoms with Gasteiger partial charge in [0.05, 0.1) is 0 Å². The van der Waals surface area contributed by atoms with Gasteiger partial charge in [-0.1, -0.05) is 25.7 Å². The SMILES string of the molecule is CCN(CC(=O)O)C(=O)CCCC1CCCC1. The average molecular weight is 241 g/mol. The van der Waals surface area contributed by atoms with Crippen LogP contribution in [-0.2, 0) is 9.59 Å². The normalized spacial score (nSPS) is 16.1. The van der Waals surface area contributed by atoms with Gasteiger partial charge in [-0.3, -0.25) is 9.59 Å². The number of hydrogen-bond donors (Lipinski definition) is 1. The van der Waals surface area contributed by atoms with E-state index in [0.717, 1.165) is 18.8 Å². The molecule has 1 fully saturated rings. The van der Waals surface area contributed by atoms with Gasteiger partial charge < -0.3 is 10.0 Å². The third-order valence-electron chi connectivity index (χ3n) is 3.54. The van der Waals surface area contributed by atoms with E-state index in [4.69, 9.17) is 5.11 Å². The number of carboxylic acid groups (broad SMARTS) is 1. The van der Waals surface area contributed by atoms with Gasteiger partial charge in [0.2, 0.25) is 5.91 Å². The van der Waals surface area contributed by atoms with E-state index >= 15 is 0 Å². The highest BCUT2D eigenvalue weighted by Gasteiger charge is 2.17. The summed E-state index contributed by atoms with van der Waals surface area (Å²) in [7, 11) is 0. The predicted octanol–water partition coefficient (Wildman–Crippen LogP) is 2.28. The Kier molecular flexibility index (Phi) is 6.01. The molecule has 0 aliphatic heterocycles. The second kappa shape index (κ2) is 7.30. The summed E-state index contributed by atoms with van der Waals surface area (Å²) in [5, 5.41) is 8.67. The molecule has 0 aromatic rings. The minimum Gasteiger partial charge on any atom is -0.480 e. The van der Waals surface area contributed by atoms with Crippen molar-refractivity contribution in [2.24, 2.45) is 5.92 Å². The smallest absolute Gasteiger partial charge is 0.323 e. The first-order valence-corrected chi connectivity index (χ1v) is 6.63. The maximum absolute atomic E-state index is 11.7. The molecule has 4 heteroatoms. The Bertz CT molecular complexity index is 259. The van der Waals surface area contributed by atoms with E-state index in [1.807, 2.05) is 6.92 Å². The first-order chi connectivity index (χ1) is 8.13. The molecule has 0 bridgehead atoms. The van der Waals surface area contributed by atoms with Crippen LogP contribution in [0.1, 0.15) is 51.9 Å². The molecule has 0 saturated heterocycles. The number of rotatable bonds is 7. The fourth-order valence-electron chi connectivity index (χ4n) is 2.54. The zero-order valence-corrected chi connectivity index (χ0v) is 10.7. The van der Waals surface area contributed by atoms with Crippen LogP contribution in [0.15, 0.2) is 0 Å². The summed E-state index contributed by atoms with van der Waals surface area (Å²) >= 11 is 0. The predicted molar refractivity (Wildman–Crippen MR) is 65.7 cm³/mol. The van der Waals surface area contributed by atoms with Gasteiger partial charge in [-0.2, -0.15) is 0 Å². The van der Waals surface area contributed by atoms with E-state index < -0.39 is 5.97 Å². The van der Waals surface area contributed by atoms with E-state index in [9.17, 15) is 9.59 Å². The van der Waals surface area contributed by atoms with E-state index in [-0.39, 0.29) is 12.5 Å². The molecule has 0 spiro atoms. The Morgan fingerprint density at radius 1 is 1.29 bits per heavy atom. The van der Waals surface area contributed by atoms with Crippen LogP contribution in [0.3, 0.4) is 0 Å². The first-order valence-electron chi connectivity index (χ1n) is 6.63. The summed E-state index contributed by atoms with van der Waals surface area (Å²) in [6, 6.07) is 0. The Hall–Kier alpha value is -1.06. The Balaban J connectivity index is 2.19. The number of carbonyl (C=O) groups excluding carboxylic acids is 1. The zero-order chi connectivity index (χ0) is 12.7. The highest BCUT2D eigenvalue weighted by Crippen LogP contribution is 2.28. The Morgan fingerprint density at radius 3 is 2.47 bits per heavy atom. The van der Waals surface area contributed by atoms with Crippen LogP contribution in [0.5, 0.6) is 0 Å². The van der Waals surface area contributed by atoms with Crippen LogP contribution < -0.4 is 0 Å². The molecule has 1 aliphatic rings. The number of nitrogens with zero attached hydrogens (tertiary/aromatic N) is 1. The lowest BCUT2D eigenvalue weighted by Gasteiger charge is -2.18. The van der Waals surface area contributed by atoms with Crippen molar-refractivity contribution in [3.05, 3.63) is 0 Å². The second-order valence-corrected chi connectivity index (χ2v) is 4.84. The summed E-state index contributed by atoms with van der Waals surface area (Å²) in [4.78, 5) is 23.7. The van der Waals surface area contributed by atoms with Crippen LogP contribution in [0.25, 0.3) is 0 Å². The lowest BCUT2D eigenvalue weighted by Crippen LogP contribution is -2.35. The van der Waals surface area contributed by atoms with E-state index in [1.165, 1.54) is 30.6 Å². The molecule has 0 atom stereocenters. The second-order valence-electron chi connectivity index (χ2n) is 4.84. The van der Waals surface area contributed by atoms with Crippen molar-refractivity contribution < 1.29 is 14.7 Å². The maximum Gasteiger partial charge on any atom is 0.323 e. The lowest BCUT2D eigenvalue weighted by atomic mass is 10.0. The van der Waals surface area contributed by atoms with Gasteiger partial charge in [-0.05, 0) is 25.7 Å². The molecule has 0 unspecified atom stereocenters. The maximum atomic E-state index is 11.7.